The average molecular weight is 425 g/mol. The number of thiophene rings is 1. The maximum atomic E-state index is 12.8. The van der Waals surface area contributed by atoms with Crippen LogP contribution in [0, 0.1) is 0 Å². The van der Waals surface area contributed by atoms with E-state index in [4.69, 9.17) is 4.98 Å². The molecule has 0 aromatic carbocycles. The lowest BCUT2D eigenvalue weighted by atomic mass is 10.1. The van der Waals surface area contributed by atoms with Crippen molar-refractivity contribution in [3.05, 3.63) is 34.9 Å². The Labute approximate surface area is 178 Å². The Balaban J connectivity index is 1.41. The van der Waals surface area contributed by atoms with Crippen LogP contribution in [0.1, 0.15) is 28.6 Å². The maximum absolute atomic E-state index is 12.8. The molecule has 0 spiro atoms. The van der Waals surface area contributed by atoms with Crippen LogP contribution in [-0.2, 0) is 0 Å². The van der Waals surface area contributed by atoms with E-state index >= 15 is 0 Å². The van der Waals surface area contributed by atoms with Gasteiger partial charge in [-0.2, -0.15) is 10.1 Å². The molecular formula is C20H24N8OS. The summed E-state index contributed by atoms with van der Waals surface area (Å²) < 4.78 is 2.04. The molecule has 1 N–H and O–H groups in total. The first-order chi connectivity index (χ1) is 14.5. The first-order valence-electron chi connectivity index (χ1n) is 9.97. The number of likely N-dealkylation sites (tertiary alicyclic amines) is 1. The SMILES string of the molecule is CN1CCC(n2cc(Nc3ncc4c(n3)N(C)c3ccsc3C(=O)N4C)cn2)CC1. The average Bonchev–Trinajstić information content (AvgIpc) is 3.41. The van der Waals surface area contributed by atoms with Gasteiger partial charge in [0.15, 0.2) is 5.82 Å². The third-order valence-corrected chi connectivity index (χ3v) is 6.75. The molecule has 0 saturated carbocycles. The second kappa shape index (κ2) is 7.37. The fraction of sp³-hybridized carbons (Fsp3) is 0.400. The van der Waals surface area contributed by atoms with Crippen molar-refractivity contribution in [3.8, 4) is 0 Å². The van der Waals surface area contributed by atoms with Gasteiger partial charge in [-0.3, -0.25) is 9.48 Å². The third-order valence-electron chi connectivity index (χ3n) is 5.85. The lowest BCUT2D eigenvalue weighted by molar-refractivity contribution is 0.0998. The Morgan fingerprint density at radius 2 is 1.90 bits per heavy atom. The van der Waals surface area contributed by atoms with E-state index in [1.807, 2.05) is 40.5 Å². The summed E-state index contributed by atoms with van der Waals surface area (Å²) in [5, 5.41) is 9.73. The Morgan fingerprint density at radius 3 is 2.70 bits per heavy atom. The van der Waals surface area contributed by atoms with Gasteiger partial charge in [-0.25, -0.2) is 4.98 Å². The summed E-state index contributed by atoms with van der Waals surface area (Å²) in [6.07, 6.45) is 7.71. The zero-order valence-corrected chi connectivity index (χ0v) is 18.1. The van der Waals surface area contributed by atoms with Crippen molar-refractivity contribution in [3.63, 3.8) is 0 Å². The molecule has 156 valence electrons. The van der Waals surface area contributed by atoms with Crippen LogP contribution in [-0.4, -0.2) is 64.8 Å². The van der Waals surface area contributed by atoms with Gasteiger partial charge < -0.3 is 20.0 Å². The molecule has 0 radical (unpaired) electrons. The first-order valence-corrected chi connectivity index (χ1v) is 10.9. The Hall–Kier alpha value is -2.98. The molecule has 3 aromatic rings. The first kappa shape index (κ1) is 19.0. The molecule has 2 aliphatic rings. The van der Waals surface area contributed by atoms with Gasteiger partial charge in [0.2, 0.25) is 5.95 Å². The van der Waals surface area contributed by atoms with Crippen molar-refractivity contribution in [2.45, 2.75) is 18.9 Å². The predicted octanol–water partition coefficient (Wildman–Crippen LogP) is 3.10. The smallest absolute Gasteiger partial charge is 0.270 e. The summed E-state index contributed by atoms with van der Waals surface area (Å²) in [6.45, 7) is 2.18. The lowest BCUT2D eigenvalue weighted by Crippen LogP contribution is -2.31. The number of aromatic nitrogens is 4. The lowest BCUT2D eigenvalue weighted by Gasteiger charge is -2.28. The molecule has 1 amide bonds. The van der Waals surface area contributed by atoms with Gasteiger partial charge in [0.1, 0.15) is 10.6 Å². The minimum atomic E-state index is -0.0469. The summed E-state index contributed by atoms with van der Waals surface area (Å²) in [5.41, 5.74) is 2.39. The highest BCUT2D eigenvalue weighted by Crippen LogP contribution is 2.40. The van der Waals surface area contributed by atoms with Crippen LogP contribution in [0.15, 0.2) is 30.0 Å². The van der Waals surface area contributed by atoms with E-state index in [2.05, 4.69) is 27.3 Å². The molecule has 0 unspecified atom stereocenters. The third kappa shape index (κ3) is 3.21. The van der Waals surface area contributed by atoms with Gasteiger partial charge in [0.25, 0.3) is 5.91 Å². The highest BCUT2D eigenvalue weighted by atomic mass is 32.1. The topological polar surface area (TPSA) is 82.4 Å². The normalized spacial score (nSPS) is 17.6. The fourth-order valence-corrected chi connectivity index (χ4v) is 4.90. The molecule has 9 nitrogen and oxygen atoms in total. The number of rotatable bonds is 3. The highest BCUT2D eigenvalue weighted by molar-refractivity contribution is 7.12. The molecule has 5 rings (SSSR count). The van der Waals surface area contributed by atoms with Gasteiger partial charge in [0, 0.05) is 20.3 Å². The van der Waals surface area contributed by atoms with Crippen molar-refractivity contribution in [1.29, 1.82) is 0 Å². The Morgan fingerprint density at radius 1 is 1.10 bits per heavy atom. The molecule has 0 atom stereocenters. The number of fused-ring (bicyclic) bond motifs is 2. The van der Waals surface area contributed by atoms with Gasteiger partial charge in [-0.15, -0.1) is 11.3 Å². The number of hydrogen-bond donors (Lipinski definition) is 1. The zero-order chi connectivity index (χ0) is 20.8. The van der Waals surface area contributed by atoms with Crippen LogP contribution in [0.4, 0.5) is 28.8 Å². The minimum Gasteiger partial charge on any atom is -0.326 e. The Bertz CT molecular complexity index is 1080. The van der Waals surface area contributed by atoms with E-state index < -0.39 is 0 Å². The number of hydrogen-bond acceptors (Lipinski definition) is 8. The zero-order valence-electron chi connectivity index (χ0n) is 17.2. The standard InChI is InChI=1S/C20H24N8OS/c1-25-7-4-14(5-8-25)28-12-13(10-22-28)23-20-21-11-16-18(24-20)26(2)15-6-9-30-17(15)19(29)27(16)3/h6,9-12,14H,4-5,7-8H2,1-3H3,(H,21,23,24). The van der Waals surface area contributed by atoms with Crippen molar-refractivity contribution < 1.29 is 4.79 Å². The molecule has 30 heavy (non-hydrogen) atoms. The number of piperidine rings is 1. The number of carbonyl (C=O) groups is 1. The fourth-order valence-electron chi connectivity index (χ4n) is 4.00. The second-order valence-corrected chi connectivity index (χ2v) is 8.75. The number of nitrogens with one attached hydrogen (secondary N) is 1. The van der Waals surface area contributed by atoms with Crippen LogP contribution in [0.2, 0.25) is 0 Å². The van der Waals surface area contributed by atoms with Crippen molar-refractivity contribution in [1.82, 2.24) is 24.6 Å². The van der Waals surface area contributed by atoms with E-state index in [0.29, 0.717) is 28.4 Å². The summed E-state index contributed by atoms with van der Waals surface area (Å²) in [6, 6.07) is 2.37. The molecule has 3 aromatic heterocycles. The number of nitrogens with zero attached hydrogens (tertiary/aromatic N) is 7. The Kier molecular flexibility index (Phi) is 4.67. The molecular weight excluding hydrogens is 400 g/mol. The van der Waals surface area contributed by atoms with Gasteiger partial charge >= 0.3 is 0 Å². The number of carbonyl (C=O) groups excluding carboxylic acids is 1. The summed E-state index contributed by atoms with van der Waals surface area (Å²) in [5.74, 6) is 1.11. The van der Waals surface area contributed by atoms with Crippen LogP contribution >= 0.6 is 11.3 Å². The number of anilines is 5. The van der Waals surface area contributed by atoms with E-state index in [0.717, 1.165) is 37.3 Å². The van der Waals surface area contributed by atoms with Gasteiger partial charge in [0.05, 0.1) is 29.8 Å². The largest absolute Gasteiger partial charge is 0.326 e. The predicted molar refractivity (Wildman–Crippen MR) is 118 cm³/mol. The van der Waals surface area contributed by atoms with E-state index in [9.17, 15) is 4.79 Å². The van der Waals surface area contributed by atoms with E-state index in [1.165, 1.54) is 11.3 Å². The molecule has 1 saturated heterocycles. The van der Waals surface area contributed by atoms with Crippen molar-refractivity contribution >= 4 is 46.1 Å². The summed E-state index contributed by atoms with van der Waals surface area (Å²) in [7, 11) is 5.83. The highest BCUT2D eigenvalue weighted by Gasteiger charge is 2.30. The molecule has 5 heterocycles. The summed E-state index contributed by atoms with van der Waals surface area (Å²) >= 11 is 1.44. The molecule has 1 fully saturated rings. The molecule has 0 aliphatic carbocycles. The molecule has 0 bridgehead atoms. The maximum Gasteiger partial charge on any atom is 0.270 e. The van der Waals surface area contributed by atoms with Crippen molar-refractivity contribution in [2.75, 3.05) is 49.3 Å². The van der Waals surface area contributed by atoms with Crippen LogP contribution in [0.3, 0.4) is 0 Å². The second-order valence-electron chi connectivity index (χ2n) is 7.83. The van der Waals surface area contributed by atoms with Gasteiger partial charge in [-0.05, 0) is 44.4 Å². The molecule has 10 heteroatoms. The van der Waals surface area contributed by atoms with E-state index in [-0.39, 0.29) is 5.91 Å². The summed E-state index contributed by atoms with van der Waals surface area (Å²) in [4.78, 5) is 28.5. The van der Waals surface area contributed by atoms with Crippen molar-refractivity contribution in [2.24, 2.45) is 0 Å². The van der Waals surface area contributed by atoms with Crippen LogP contribution in [0.25, 0.3) is 0 Å². The quantitative estimate of drug-likeness (QED) is 0.692. The monoisotopic (exact) mass is 424 g/mol. The molecule has 2 aliphatic heterocycles. The van der Waals surface area contributed by atoms with Crippen LogP contribution in [0.5, 0.6) is 0 Å². The van der Waals surface area contributed by atoms with E-state index in [1.54, 1.807) is 18.1 Å². The van der Waals surface area contributed by atoms with Gasteiger partial charge in [-0.1, -0.05) is 0 Å². The number of amides is 1. The van der Waals surface area contributed by atoms with Crippen LogP contribution < -0.4 is 15.1 Å². The minimum absolute atomic E-state index is 0.0469.